The van der Waals surface area contributed by atoms with Crippen LogP contribution < -0.4 is 59.0 Å². The van der Waals surface area contributed by atoms with Gasteiger partial charge in [-0.2, -0.15) is 29.9 Å². The highest BCUT2D eigenvalue weighted by atomic mass is 35.5. The Hall–Kier alpha value is -10.4. The number of piperazine rings is 3. The predicted octanol–water partition coefficient (Wildman–Crippen LogP) is 9.58. The number of nitrogens with one attached hydrogen (secondary N) is 2. The number of hydrogen-bond acceptors (Lipinski definition) is 28. The average molecular weight is 1750 g/mol. The molecule has 0 bridgehead atoms. The number of carboxylic acid groups (broad SMARTS) is 1. The van der Waals surface area contributed by atoms with E-state index in [0.29, 0.717) is 70.4 Å². The lowest BCUT2D eigenvalue weighted by Gasteiger charge is -2.38. The number of aromatic nitrogens is 6. The highest BCUT2D eigenvalue weighted by molar-refractivity contribution is 5.98. The summed E-state index contributed by atoms with van der Waals surface area (Å²) in [5, 5.41) is 42.5. The molecule has 9 heterocycles. The first-order valence-corrected chi connectivity index (χ1v) is 42.6. The monoisotopic (exact) mass is 1740 g/mol. The SMILES string of the molecule is CN(C)C/C=C/C(=O)O.COCOc1cc(N2CCc3c(nc(O[C@H](C)CN(C)C)nc3N3CCNCC3)C2)c2ccccc2c1.C[C@H](CN(C)C)Oc1nc2c(c(N3CCN(C(=O)/C=C/CN(C)C)CC3)n1)CCN(c1cc(O)cc3ccccc13)C2.C[C@H](CN(C)C)Oc1nc2c(c(N3CCNCC3)n1)CCN(c1cc(O)cc3ccccc13)C2.Cl.Cl. The fourth-order valence-electron chi connectivity index (χ4n) is 16.5. The molecule has 5 N–H and O–H groups in total. The number of benzene rings is 6. The lowest BCUT2D eigenvalue weighted by atomic mass is 10.0. The molecule has 9 aromatic rings. The van der Waals surface area contributed by atoms with Crippen molar-refractivity contribution in [3.63, 3.8) is 0 Å². The van der Waals surface area contributed by atoms with Gasteiger partial charge >= 0.3 is 24.0 Å². The van der Waals surface area contributed by atoms with Crippen LogP contribution in [-0.4, -0.2) is 320 Å². The van der Waals surface area contributed by atoms with Crippen molar-refractivity contribution in [2.75, 3.05) is 245 Å². The molecule has 0 unspecified atom stereocenters. The zero-order valence-corrected chi connectivity index (χ0v) is 76.2. The van der Waals surface area contributed by atoms with E-state index in [1.54, 1.807) is 25.3 Å². The largest absolute Gasteiger partial charge is 0.508 e. The number of ether oxygens (including phenoxy) is 5. The topological polar surface area (TPSA) is 281 Å². The number of amides is 1. The van der Waals surface area contributed by atoms with Crippen molar-refractivity contribution < 1.29 is 48.6 Å². The molecular weight excluding hydrogens is 1620 g/mol. The number of anilines is 6. The molecule has 3 aromatic heterocycles. The lowest BCUT2D eigenvalue weighted by molar-refractivity contribution is -0.131. The van der Waals surface area contributed by atoms with Crippen molar-refractivity contribution >= 4 is 104 Å². The number of carbonyl (C=O) groups excluding carboxylic acids is 1. The first-order chi connectivity index (χ1) is 58.8. The molecule has 0 saturated carbocycles. The third kappa shape index (κ3) is 26.4. The number of aromatic hydroxyl groups is 2. The van der Waals surface area contributed by atoms with Gasteiger partial charge in [-0.1, -0.05) is 84.9 Å². The van der Waals surface area contributed by atoms with Gasteiger partial charge in [0.2, 0.25) is 5.91 Å². The average Bonchev–Trinajstić information content (AvgIpc) is 0.776. The molecule has 6 aromatic carbocycles. The van der Waals surface area contributed by atoms with Gasteiger partial charge < -0.3 is 108 Å². The minimum atomic E-state index is -0.892. The van der Waals surface area contributed by atoms with E-state index in [9.17, 15) is 19.8 Å². The van der Waals surface area contributed by atoms with E-state index in [1.807, 2.05) is 153 Å². The van der Waals surface area contributed by atoms with Crippen molar-refractivity contribution in [1.29, 1.82) is 0 Å². The lowest BCUT2D eigenvalue weighted by Crippen LogP contribution is -2.49. The van der Waals surface area contributed by atoms with Gasteiger partial charge in [-0.05, 0) is 145 Å². The van der Waals surface area contributed by atoms with Crippen LogP contribution in [0.5, 0.6) is 35.3 Å². The molecule has 6 aliphatic heterocycles. The quantitative estimate of drug-likeness (QED) is 0.0237. The fraction of sp³-hybridized carbons (Fsp3) is 0.478. The summed E-state index contributed by atoms with van der Waals surface area (Å²) in [6.45, 7) is 24.8. The molecular formula is C92H128Cl2N20O10. The smallest absolute Gasteiger partial charge is 0.328 e. The summed E-state index contributed by atoms with van der Waals surface area (Å²) < 4.78 is 29.7. The highest BCUT2D eigenvalue weighted by Crippen LogP contribution is 2.41. The Morgan fingerprint density at radius 3 is 1.14 bits per heavy atom. The van der Waals surface area contributed by atoms with E-state index in [0.717, 1.165) is 213 Å². The number of hydrogen-bond donors (Lipinski definition) is 5. The van der Waals surface area contributed by atoms with Gasteiger partial charge in [0, 0.05) is 218 Å². The first-order valence-electron chi connectivity index (χ1n) is 42.6. The third-order valence-electron chi connectivity index (χ3n) is 21.9. The second-order valence-corrected chi connectivity index (χ2v) is 33.4. The summed E-state index contributed by atoms with van der Waals surface area (Å²) in [6, 6.07) is 37.6. The van der Waals surface area contributed by atoms with Crippen LogP contribution in [0.25, 0.3) is 32.3 Å². The second kappa shape index (κ2) is 46.0. The molecule has 124 heavy (non-hydrogen) atoms. The Kier molecular flexibility index (Phi) is 35.6. The molecule has 3 atom stereocenters. The van der Waals surface area contributed by atoms with Gasteiger partial charge in [-0.15, -0.1) is 24.8 Å². The summed E-state index contributed by atoms with van der Waals surface area (Å²) in [7, 11) is 21.6. The van der Waals surface area contributed by atoms with Crippen LogP contribution in [-0.2, 0) is 53.2 Å². The standard InChI is InChI=1S/C32H43N7O3.C28H38N6O3.C26H34N6O2.C6H11NO2.2ClH/c1-23(21-36(4)5)42-32-33-28-22-39(29-20-25(40)19-24-9-6-7-10-26(24)29)14-12-27(28)31(34-32)38-17-15-37(16-18-38)30(41)11-8-13-35(2)3;1-20(17-32(2)3)37-28-30-25-18-34(12-9-24(25)27(31-28)33-13-10-29-11-14-33)26-16-22(36-19-35-4)15-21-7-5-6-8-23(21)26;1-18(16-30(2)3)34-26-28-23-17-32(24-15-20(33)14-19-6-4-5-7-21(19)24)11-8-22(23)25(29-26)31-12-9-27-10-13-31;1-7(2)5-3-4-6(8)9;;/h6-11,19-20,23,40H,12-18,21-22H2,1-5H3;5-8,15-16,20,29H,9-14,17-19H2,1-4H3;4-7,14-15,18,27,33H,8-13,16-17H2,1-3H3;3-4H,5H2,1-2H3,(H,8,9);2*1H/b11-8+;;;4-3+;;/t23-;20-;18-;;;/m111.../s1. The Bertz CT molecular complexity index is 5050. The van der Waals surface area contributed by atoms with Gasteiger partial charge in [0.15, 0.2) is 6.79 Å². The second-order valence-electron chi connectivity index (χ2n) is 33.4. The minimum absolute atomic E-state index is 0. The zero-order valence-electron chi connectivity index (χ0n) is 74.6. The number of carboxylic acids is 1. The Morgan fingerprint density at radius 1 is 0.435 bits per heavy atom. The first kappa shape index (κ1) is 95.8. The van der Waals surface area contributed by atoms with Gasteiger partial charge in [-0.3, -0.25) is 4.79 Å². The van der Waals surface area contributed by atoms with Crippen molar-refractivity contribution in [2.24, 2.45) is 0 Å². The number of aliphatic carboxylic acids is 1. The van der Waals surface area contributed by atoms with E-state index in [4.69, 9.17) is 58.7 Å². The number of phenolic OH excluding ortho intramolecular Hbond substituents is 2. The van der Waals surface area contributed by atoms with E-state index in [2.05, 4.69) is 117 Å². The molecule has 1 amide bonds. The number of carbonyl (C=O) groups is 2. The van der Waals surface area contributed by atoms with Crippen LogP contribution in [0.2, 0.25) is 0 Å². The maximum absolute atomic E-state index is 12.7. The summed E-state index contributed by atoms with van der Waals surface area (Å²) in [4.78, 5) is 78.3. The maximum Gasteiger partial charge on any atom is 0.328 e. The molecule has 670 valence electrons. The molecule has 32 heteroatoms. The molecule has 0 aliphatic carbocycles. The molecule has 6 aliphatic rings. The van der Waals surface area contributed by atoms with Crippen molar-refractivity contribution in [1.82, 2.24) is 69.9 Å². The zero-order chi connectivity index (χ0) is 86.5. The van der Waals surface area contributed by atoms with Gasteiger partial charge in [0.05, 0.1) is 36.7 Å². The van der Waals surface area contributed by atoms with Crippen LogP contribution in [0.1, 0.15) is 54.5 Å². The normalized spacial score (nSPS) is 16.1. The van der Waals surface area contributed by atoms with Crippen molar-refractivity contribution in [3.05, 3.63) is 167 Å². The Balaban J connectivity index is 0.000000184. The number of likely N-dealkylation sites (N-methyl/N-ethyl adjacent to an activating group) is 5. The molecule has 3 saturated heterocycles. The van der Waals surface area contributed by atoms with Gasteiger partial charge in [0.1, 0.15) is 53.0 Å². The van der Waals surface area contributed by atoms with E-state index < -0.39 is 5.97 Å². The predicted molar refractivity (Wildman–Crippen MR) is 500 cm³/mol. The van der Waals surface area contributed by atoms with Gasteiger partial charge in [0.25, 0.3) is 0 Å². The van der Waals surface area contributed by atoms with Crippen LogP contribution >= 0.6 is 24.8 Å². The van der Waals surface area contributed by atoms with Crippen LogP contribution in [0.4, 0.5) is 34.5 Å². The molecule has 0 spiro atoms. The fourth-order valence-corrected chi connectivity index (χ4v) is 16.5. The van der Waals surface area contributed by atoms with E-state index in [-0.39, 0.29) is 67.3 Å². The number of halogens is 2. The van der Waals surface area contributed by atoms with Crippen molar-refractivity contribution in [3.8, 4) is 35.3 Å². The number of phenols is 2. The molecule has 0 radical (unpaired) electrons. The minimum Gasteiger partial charge on any atom is -0.508 e. The number of methoxy groups -OCH3 is 1. The molecule has 30 nitrogen and oxygen atoms in total. The number of rotatable bonds is 27. The molecule has 3 fully saturated rings. The van der Waals surface area contributed by atoms with E-state index >= 15 is 0 Å². The van der Waals surface area contributed by atoms with Crippen LogP contribution in [0.3, 0.4) is 0 Å². The summed E-state index contributed by atoms with van der Waals surface area (Å²) >= 11 is 0. The summed E-state index contributed by atoms with van der Waals surface area (Å²) in [5.74, 6) is 3.44. The van der Waals surface area contributed by atoms with Crippen molar-refractivity contribution in [2.45, 2.75) is 78.0 Å². The third-order valence-corrected chi connectivity index (χ3v) is 21.9. The number of nitrogens with zero attached hydrogens (tertiary/aromatic N) is 18. The van der Waals surface area contributed by atoms with Crippen LogP contribution in [0.15, 0.2) is 133 Å². The Morgan fingerprint density at radius 2 is 0.782 bits per heavy atom. The highest BCUT2D eigenvalue weighted by Gasteiger charge is 2.34. The Labute approximate surface area is 743 Å². The molecule has 15 rings (SSSR count). The number of fused-ring (bicyclic) bond motifs is 6. The summed E-state index contributed by atoms with van der Waals surface area (Å²) in [6.07, 6.45) is 8.72. The summed E-state index contributed by atoms with van der Waals surface area (Å²) in [5.41, 5.74) is 9.74. The van der Waals surface area contributed by atoms with E-state index in [1.165, 1.54) is 16.5 Å². The van der Waals surface area contributed by atoms with Crippen LogP contribution in [0, 0.1) is 0 Å². The maximum atomic E-state index is 12.7. The van der Waals surface area contributed by atoms with Gasteiger partial charge in [-0.25, -0.2) is 4.79 Å².